The fourth-order valence-electron chi connectivity index (χ4n) is 5.15. The summed E-state index contributed by atoms with van der Waals surface area (Å²) >= 11 is 6.56. The Balaban J connectivity index is 1.97. The van der Waals surface area contributed by atoms with Crippen molar-refractivity contribution in [2.75, 3.05) is 14.2 Å². The van der Waals surface area contributed by atoms with Gasteiger partial charge in [-0.05, 0) is 39.9 Å². The summed E-state index contributed by atoms with van der Waals surface area (Å²) < 4.78 is 12.9. The molecule has 2 atom stereocenters. The van der Waals surface area contributed by atoms with Crippen molar-refractivity contribution in [2.45, 2.75) is 11.2 Å². The molecule has 31 heavy (non-hydrogen) atoms. The molecule has 0 amide bonds. The molecular weight excluding hydrogens is 404 g/mol. The molecule has 0 fully saturated rings. The van der Waals surface area contributed by atoms with E-state index < -0.39 is 11.2 Å². The molecule has 154 valence electrons. The van der Waals surface area contributed by atoms with Crippen LogP contribution in [0.25, 0.3) is 0 Å². The topological polar surface area (TPSA) is 18.5 Å². The summed E-state index contributed by atoms with van der Waals surface area (Å²) in [6.07, 6.45) is 0. The first kappa shape index (κ1) is 20.0. The minimum atomic E-state index is -0.811. The maximum absolute atomic E-state index is 6.56. The Bertz CT molecular complexity index is 1220. The number of benzene rings is 4. The van der Waals surface area contributed by atoms with Gasteiger partial charge in [0, 0.05) is 24.8 Å². The summed E-state index contributed by atoms with van der Waals surface area (Å²) in [5.74, 6) is 0. The van der Waals surface area contributed by atoms with Crippen molar-refractivity contribution < 1.29 is 9.47 Å². The molecule has 2 unspecified atom stereocenters. The summed E-state index contributed by atoms with van der Waals surface area (Å²) in [6.45, 7) is 0. The standard InChI is InChI=1S/C28H23ClO2/c1-30-27(20-11-5-3-6-12-20)23-15-9-10-16-24(23)28(31-2,21-13-7-4-8-14-21)26-19-22(29)17-18-25(26)27/h3-19H,1-2H3. The van der Waals surface area contributed by atoms with Crippen LogP contribution >= 0.6 is 11.6 Å². The van der Waals surface area contributed by atoms with Crippen molar-refractivity contribution in [3.63, 3.8) is 0 Å². The smallest absolute Gasteiger partial charge is 0.144 e. The summed E-state index contributed by atoms with van der Waals surface area (Å²) in [6, 6.07) is 35.0. The van der Waals surface area contributed by atoms with Gasteiger partial charge in [0.1, 0.15) is 11.2 Å². The molecule has 4 aromatic carbocycles. The maximum Gasteiger partial charge on any atom is 0.144 e. The van der Waals surface area contributed by atoms with E-state index in [1.54, 1.807) is 14.2 Å². The average Bonchev–Trinajstić information content (AvgIpc) is 2.84. The van der Waals surface area contributed by atoms with Gasteiger partial charge >= 0.3 is 0 Å². The van der Waals surface area contributed by atoms with E-state index in [0.29, 0.717) is 5.02 Å². The minimum Gasteiger partial charge on any atom is -0.364 e. The normalized spacial score (nSPS) is 21.9. The molecule has 1 aliphatic carbocycles. The molecule has 0 spiro atoms. The first-order chi connectivity index (χ1) is 15.2. The van der Waals surface area contributed by atoms with E-state index in [0.717, 1.165) is 33.4 Å². The molecule has 0 saturated carbocycles. The summed E-state index contributed by atoms with van der Waals surface area (Å²) in [5, 5.41) is 0.661. The van der Waals surface area contributed by atoms with E-state index in [9.17, 15) is 0 Å². The lowest BCUT2D eigenvalue weighted by Crippen LogP contribution is -2.46. The molecule has 0 bridgehead atoms. The largest absolute Gasteiger partial charge is 0.364 e. The van der Waals surface area contributed by atoms with Crippen LogP contribution in [0.2, 0.25) is 5.02 Å². The van der Waals surface area contributed by atoms with Crippen molar-refractivity contribution >= 4 is 11.6 Å². The molecule has 0 aliphatic heterocycles. The summed E-state index contributed by atoms with van der Waals surface area (Å²) in [7, 11) is 3.53. The molecule has 2 nitrogen and oxygen atoms in total. The van der Waals surface area contributed by atoms with Gasteiger partial charge in [-0.25, -0.2) is 0 Å². The first-order valence-electron chi connectivity index (χ1n) is 10.3. The molecular formula is C28H23ClO2. The van der Waals surface area contributed by atoms with Gasteiger partial charge < -0.3 is 9.47 Å². The van der Waals surface area contributed by atoms with E-state index >= 15 is 0 Å². The van der Waals surface area contributed by atoms with Crippen molar-refractivity contribution in [1.29, 1.82) is 0 Å². The fourth-order valence-corrected chi connectivity index (χ4v) is 5.32. The lowest BCUT2D eigenvalue weighted by molar-refractivity contribution is 0.0167. The lowest BCUT2D eigenvalue weighted by atomic mass is 9.63. The van der Waals surface area contributed by atoms with Gasteiger partial charge in [-0.3, -0.25) is 0 Å². The van der Waals surface area contributed by atoms with Crippen molar-refractivity contribution in [3.8, 4) is 0 Å². The summed E-state index contributed by atoms with van der Waals surface area (Å²) in [5.41, 5.74) is 4.63. The zero-order valence-corrected chi connectivity index (χ0v) is 18.3. The number of fused-ring (bicyclic) bond motifs is 2. The Hall–Kier alpha value is -2.91. The SMILES string of the molecule is COC1(c2ccccc2)c2ccccc2C(OC)(c2ccccc2)c2cc(Cl)ccc21. The van der Waals surface area contributed by atoms with Crippen LogP contribution in [0.1, 0.15) is 33.4 Å². The van der Waals surface area contributed by atoms with Crippen LogP contribution in [0.3, 0.4) is 0 Å². The van der Waals surface area contributed by atoms with Crippen molar-refractivity contribution in [3.05, 3.63) is 142 Å². The highest BCUT2D eigenvalue weighted by Crippen LogP contribution is 2.56. The summed E-state index contributed by atoms with van der Waals surface area (Å²) in [4.78, 5) is 0. The molecule has 5 rings (SSSR count). The molecule has 0 aromatic heterocycles. The fraction of sp³-hybridized carbons (Fsp3) is 0.143. The number of ether oxygens (including phenoxy) is 2. The first-order valence-corrected chi connectivity index (χ1v) is 10.7. The molecule has 0 heterocycles. The molecule has 0 N–H and O–H groups in total. The third-order valence-electron chi connectivity index (χ3n) is 6.40. The van der Waals surface area contributed by atoms with Crippen LogP contribution in [0, 0.1) is 0 Å². The quantitative estimate of drug-likeness (QED) is 0.369. The molecule has 3 heteroatoms. The Labute approximate surface area is 188 Å². The highest BCUT2D eigenvalue weighted by atomic mass is 35.5. The molecule has 4 aromatic rings. The third-order valence-corrected chi connectivity index (χ3v) is 6.63. The van der Waals surface area contributed by atoms with Crippen molar-refractivity contribution in [2.24, 2.45) is 0 Å². The van der Waals surface area contributed by atoms with Crippen LogP contribution < -0.4 is 0 Å². The second-order valence-electron chi connectivity index (χ2n) is 7.74. The number of halogens is 1. The zero-order chi connectivity index (χ0) is 21.5. The molecule has 0 radical (unpaired) electrons. The van der Waals surface area contributed by atoms with Gasteiger partial charge in [-0.15, -0.1) is 0 Å². The second-order valence-corrected chi connectivity index (χ2v) is 8.17. The van der Waals surface area contributed by atoms with E-state index in [1.165, 1.54) is 0 Å². The number of hydrogen-bond donors (Lipinski definition) is 0. The van der Waals surface area contributed by atoms with E-state index in [1.807, 2.05) is 48.5 Å². The lowest BCUT2D eigenvalue weighted by Gasteiger charge is -2.48. The van der Waals surface area contributed by atoms with Crippen LogP contribution in [-0.2, 0) is 20.7 Å². The zero-order valence-electron chi connectivity index (χ0n) is 17.5. The average molecular weight is 427 g/mol. The number of rotatable bonds is 4. The van der Waals surface area contributed by atoms with E-state index in [4.69, 9.17) is 21.1 Å². The Morgan fingerprint density at radius 2 is 0.935 bits per heavy atom. The van der Waals surface area contributed by atoms with Gasteiger partial charge in [-0.2, -0.15) is 0 Å². The Morgan fingerprint density at radius 3 is 1.42 bits per heavy atom. The number of hydrogen-bond acceptors (Lipinski definition) is 2. The second kappa shape index (κ2) is 7.65. The maximum atomic E-state index is 6.56. The highest BCUT2D eigenvalue weighted by molar-refractivity contribution is 6.30. The monoisotopic (exact) mass is 426 g/mol. The third kappa shape index (κ3) is 2.73. The van der Waals surface area contributed by atoms with Crippen LogP contribution in [0.5, 0.6) is 0 Å². The van der Waals surface area contributed by atoms with Gasteiger partial charge in [0.05, 0.1) is 0 Å². The van der Waals surface area contributed by atoms with Crippen LogP contribution in [0.4, 0.5) is 0 Å². The molecule has 1 aliphatic rings. The molecule has 0 saturated heterocycles. The predicted octanol–water partition coefficient (Wildman–Crippen LogP) is 6.53. The predicted molar refractivity (Wildman–Crippen MR) is 125 cm³/mol. The van der Waals surface area contributed by atoms with Crippen LogP contribution in [-0.4, -0.2) is 14.2 Å². The van der Waals surface area contributed by atoms with Gasteiger partial charge in [0.2, 0.25) is 0 Å². The van der Waals surface area contributed by atoms with Crippen LogP contribution in [0.15, 0.2) is 103 Å². The van der Waals surface area contributed by atoms with Gasteiger partial charge in [0.15, 0.2) is 0 Å². The van der Waals surface area contributed by atoms with Gasteiger partial charge in [0.25, 0.3) is 0 Å². The van der Waals surface area contributed by atoms with E-state index in [-0.39, 0.29) is 0 Å². The van der Waals surface area contributed by atoms with Gasteiger partial charge in [-0.1, -0.05) is 103 Å². The Morgan fingerprint density at radius 1 is 0.516 bits per heavy atom. The highest BCUT2D eigenvalue weighted by Gasteiger charge is 2.53. The minimum absolute atomic E-state index is 0.661. The Kier molecular flexibility index (Phi) is 4.94. The van der Waals surface area contributed by atoms with Crippen molar-refractivity contribution in [1.82, 2.24) is 0 Å². The number of methoxy groups -OCH3 is 2. The van der Waals surface area contributed by atoms with E-state index in [2.05, 4.69) is 54.6 Å².